The van der Waals surface area contributed by atoms with Gasteiger partial charge in [-0.2, -0.15) is 13.2 Å². The molecule has 0 N–H and O–H groups in total. The number of carbonyl (C=O) groups is 3. The van der Waals surface area contributed by atoms with Gasteiger partial charge in [0.15, 0.2) is 0 Å². The molecule has 10 heteroatoms. The number of likely N-dealkylation sites (N-methyl/N-ethyl adjacent to an activating group) is 1. The molecule has 2 fully saturated rings. The fourth-order valence-corrected chi connectivity index (χ4v) is 3.91. The third-order valence-electron chi connectivity index (χ3n) is 5.72. The molecule has 170 valence electrons. The molecule has 0 saturated carbocycles. The van der Waals surface area contributed by atoms with Crippen LogP contribution < -0.4 is 4.90 Å². The van der Waals surface area contributed by atoms with Gasteiger partial charge in [-0.1, -0.05) is 6.07 Å². The summed E-state index contributed by atoms with van der Waals surface area (Å²) >= 11 is 0. The van der Waals surface area contributed by atoms with Gasteiger partial charge in [0.25, 0.3) is 0 Å². The van der Waals surface area contributed by atoms with Crippen molar-refractivity contribution in [1.29, 1.82) is 0 Å². The average molecular weight is 440 g/mol. The smallest absolute Gasteiger partial charge is 0.348 e. The summed E-state index contributed by atoms with van der Waals surface area (Å²) in [6, 6.07) is 4.61. The molecular weight excluding hydrogens is 413 g/mol. The van der Waals surface area contributed by atoms with E-state index in [-0.39, 0.29) is 36.4 Å². The first kappa shape index (κ1) is 23.1. The van der Waals surface area contributed by atoms with E-state index in [4.69, 9.17) is 0 Å². The maximum Gasteiger partial charge on any atom is 0.416 e. The third kappa shape index (κ3) is 5.55. The molecule has 2 aliphatic rings. The van der Waals surface area contributed by atoms with Crippen LogP contribution in [0.5, 0.6) is 0 Å². The highest BCUT2D eigenvalue weighted by Crippen LogP contribution is 2.33. The van der Waals surface area contributed by atoms with Crippen LogP contribution in [0, 0.1) is 5.92 Å². The number of halogens is 3. The molecule has 1 atom stereocenters. The molecule has 0 aliphatic carbocycles. The lowest BCUT2D eigenvalue weighted by atomic mass is 10.1. The van der Waals surface area contributed by atoms with Gasteiger partial charge in [0.05, 0.1) is 18.0 Å². The first-order chi connectivity index (χ1) is 14.6. The van der Waals surface area contributed by atoms with Gasteiger partial charge in [-0.3, -0.25) is 19.3 Å². The van der Waals surface area contributed by atoms with Crippen molar-refractivity contribution >= 4 is 23.4 Å². The lowest BCUT2D eigenvalue weighted by Gasteiger charge is -2.25. The average Bonchev–Trinajstić information content (AvgIpc) is 2.95. The molecular formula is C21H27F3N4O3. The summed E-state index contributed by atoms with van der Waals surface area (Å²) < 4.78 is 39.0. The zero-order valence-corrected chi connectivity index (χ0v) is 17.7. The first-order valence-corrected chi connectivity index (χ1v) is 10.2. The monoisotopic (exact) mass is 440 g/mol. The molecule has 1 aromatic rings. The fourth-order valence-electron chi connectivity index (χ4n) is 3.91. The summed E-state index contributed by atoms with van der Waals surface area (Å²) in [7, 11) is 3.40. The van der Waals surface area contributed by atoms with Crippen LogP contribution in [0.4, 0.5) is 18.9 Å². The van der Waals surface area contributed by atoms with E-state index in [1.165, 1.54) is 21.9 Å². The van der Waals surface area contributed by atoms with Crippen LogP contribution in [0.15, 0.2) is 24.3 Å². The number of alkyl halides is 3. The van der Waals surface area contributed by atoms with Crippen molar-refractivity contribution in [3.8, 4) is 0 Å². The Bertz CT molecular complexity index is 843. The van der Waals surface area contributed by atoms with Crippen LogP contribution in [0.1, 0.15) is 18.4 Å². The summed E-state index contributed by atoms with van der Waals surface area (Å²) in [5, 5.41) is 0. The Hall–Kier alpha value is -2.62. The maximum atomic E-state index is 13.0. The minimum atomic E-state index is -4.50. The molecule has 3 rings (SSSR count). The highest BCUT2D eigenvalue weighted by Gasteiger charge is 2.38. The normalized spacial score (nSPS) is 20.7. The Morgan fingerprint density at radius 1 is 1.13 bits per heavy atom. The summed E-state index contributed by atoms with van der Waals surface area (Å²) in [4.78, 5) is 43.9. The Labute approximate surface area is 179 Å². The summed E-state index contributed by atoms with van der Waals surface area (Å²) in [6.45, 7) is 2.60. The van der Waals surface area contributed by atoms with E-state index in [2.05, 4.69) is 0 Å². The SMILES string of the molecule is CN(C)C(=O)CN1CCCN(C(=O)C2CC(=O)N(c3cccc(C(F)(F)F)c3)C2)CC1. The second-order valence-electron chi connectivity index (χ2n) is 8.20. The quantitative estimate of drug-likeness (QED) is 0.715. The second-order valence-corrected chi connectivity index (χ2v) is 8.20. The zero-order valence-electron chi connectivity index (χ0n) is 17.7. The zero-order chi connectivity index (χ0) is 22.8. The van der Waals surface area contributed by atoms with Crippen LogP contribution in [-0.4, -0.2) is 85.8 Å². The standard InChI is InChI=1S/C21H27F3N4O3/c1-25(2)19(30)14-26-7-4-8-27(10-9-26)20(31)15-11-18(29)28(13-15)17-6-3-5-16(12-17)21(22,23)24/h3,5-6,12,15H,4,7-11,13-14H2,1-2H3. The van der Waals surface area contributed by atoms with Gasteiger partial charge in [-0.25, -0.2) is 0 Å². The van der Waals surface area contributed by atoms with Gasteiger partial charge in [0.2, 0.25) is 17.7 Å². The number of amides is 3. The van der Waals surface area contributed by atoms with Gasteiger partial charge >= 0.3 is 6.18 Å². The number of anilines is 1. The van der Waals surface area contributed by atoms with Crippen LogP contribution in [0.3, 0.4) is 0 Å². The predicted octanol–water partition coefficient (Wildman–Crippen LogP) is 1.68. The van der Waals surface area contributed by atoms with Crippen LogP contribution in [0.25, 0.3) is 0 Å². The van der Waals surface area contributed by atoms with Gasteiger partial charge < -0.3 is 14.7 Å². The van der Waals surface area contributed by atoms with E-state index in [1.54, 1.807) is 19.0 Å². The number of carbonyl (C=O) groups excluding carboxylic acids is 3. The van der Waals surface area contributed by atoms with E-state index in [0.29, 0.717) is 39.1 Å². The molecule has 3 amide bonds. The lowest BCUT2D eigenvalue weighted by Crippen LogP contribution is -2.41. The largest absolute Gasteiger partial charge is 0.416 e. The highest BCUT2D eigenvalue weighted by molar-refractivity contribution is 6.00. The molecule has 31 heavy (non-hydrogen) atoms. The number of hydrogen-bond donors (Lipinski definition) is 0. The van der Waals surface area contributed by atoms with E-state index < -0.39 is 17.7 Å². The predicted molar refractivity (Wildman–Crippen MR) is 108 cm³/mol. The van der Waals surface area contributed by atoms with Gasteiger partial charge in [0, 0.05) is 58.9 Å². The van der Waals surface area contributed by atoms with E-state index in [9.17, 15) is 27.6 Å². The Morgan fingerprint density at radius 3 is 2.55 bits per heavy atom. The maximum absolute atomic E-state index is 13.0. The molecule has 0 bridgehead atoms. The lowest BCUT2D eigenvalue weighted by molar-refractivity contribution is -0.137. The Morgan fingerprint density at radius 2 is 1.87 bits per heavy atom. The fraction of sp³-hybridized carbons (Fsp3) is 0.571. The van der Waals surface area contributed by atoms with Crippen LogP contribution in [-0.2, 0) is 20.6 Å². The van der Waals surface area contributed by atoms with Gasteiger partial charge in [-0.05, 0) is 24.6 Å². The Balaban J connectivity index is 1.62. The van der Waals surface area contributed by atoms with Crippen molar-refractivity contribution in [2.24, 2.45) is 5.92 Å². The van der Waals surface area contributed by atoms with E-state index in [1.807, 2.05) is 4.90 Å². The topological polar surface area (TPSA) is 64.2 Å². The van der Waals surface area contributed by atoms with Crippen molar-refractivity contribution < 1.29 is 27.6 Å². The van der Waals surface area contributed by atoms with E-state index in [0.717, 1.165) is 12.1 Å². The molecule has 0 aromatic heterocycles. The van der Waals surface area contributed by atoms with Crippen LogP contribution >= 0.6 is 0 Å². The molecule has 2 saturated heterocycles. The summed E-state index contributed by atoms with van der Waals surface area (Å²) in [5.74, 6) is -1.11. The van der Waals surface area contributed by atoms with Crippen molar-refractivity contribution in [2.75, 3.05) is 58.3 Å². The molecule has 0 spiro atoms. The Kier molecular flexibility index (Phi) is 6.88. The molecule has 2 heterocycles. The van der Waals surface area contributed by atoms with Crippen molar-refractivity contribution in [2.45, 2.75) is 19.0 Å². The number of rotatable bonds is 4. The summed E-state index contributed by atoms with van der Waals surface area (Å²) in [5.41, 5.74) is -0.674. The molecule has 0 radical (unpaired) electrons. The minimum absolute atomic E-state index is 0.00195. The van der Waals surface area contributed by atoms with Gasteiger partial charge in [-0.15, -0.1) is 0 Å². The van der Waals surface area contributed by atoms with Crippen molar-refractivity contribution in [3.05, 3.63) is 29.8 Å². The number of benzene rings is 1. The highest BCUT2D eigenvalue weighted by atomic mass is 19.4. The molecule has 7 nitrogen and oxygen atoms in total. The number of nitrogens with zero attached hydrogens (tertiary/aromatic N) is 4. The van der Waals surface area contributed by atoms with E-state index >= 15 is 0 Å². The third-order valence-corrected chi connectivity index (χ3v) is 5.72. The molecule has 1 aromatic carbocycles. The van der Waals surface area contributed by atoms with Gasteiger partial charge in [0.1, 0.15) is 0 Å². The second kappa shape index (κ2) is 9.25. The van der Waals surface area contributed by atoms with Crippen molar-refractivity contribution in [3.63, 3.8) is 0 Å². The minimum Gasteiger partial charge on any atom is -0.348 e. The first-order valence-electron chi connectivity index (χ1n) is 10.2. The number of hydrogen-bond acceptors (Lipinski definition) is 4. The molecule has 2 aliphatic heterocycles. The summed E-state index contributed by atoms with van der Waals surface area (Å²) in [6.07, 6.45) is -3.81. The van der Waals surface area contributed by atoms with Crippen LogP contribution in [0.2, 0.25) is 0 Å². The van der Waals surface area contributed by atoms with Crippen molar-refractivity contribution in [1.82, 2.24) is 14.7 Å². The molecule has 1 unspecified atom stereocenters.